The van der Waals surface area contributed by atoms with Crippen LogP contribution in [0.25, 0.3) is 0 Å². The highest BCUT2D eigenvalue weighted by atomic mass is 32.2. The molecule has 2 aliphatic rings. The van der Waals surface area contributed by atoms with Crippen molar-refractivity contribution in [1.82, 2.24) is 19.4 Å². The molecular formula is C15H24N4O4S. The molecule has 0 aliphatic carbocycles. The standard InChI is InChI=1S/C15H24N4O4S/c1-11(2)19-8-13(6-17-19)24(21,22)18-7-12-9-23-5-4-15(12,10-18)14(20)16-3/h6,8,11-12H,4-5,7,9-10H2,1-3H3,(H,16,20)/t12-,15+/m1/s1. The molecule has 0 unspecified atom stereocenters. The average Bonchev–Trinajstić information content (AvgIpc) is 3.19. The summed E-state index contributed by atoms with van der Waals surface area (Å²) in [5.74, 6) is -0.229. The molecule has 2 aliphatic heterocycles. The van der Waals surface area contributed by atoms with E-state index in [9.17, 15) is 13.2 Å². The number of rotatable bonds is 4. The van der Waals surface area contributed by atoms with Crippen molar-refractivity contribution in [3.8, 4) is 0 Å². The lowest BCUT2D eigenvalue weighted by Gasteiger charge is -2.36. The number of fused-ring (bicyclic) bond motifs is 1. The van der Waals surface area contributed by atoms with Gasteiger partial charge >= 0.3 is 0 Å². The maximum atomic E-state index is 13.0. The van der Waals surface area contributed by atoms with Crippen LogP contribution in [-0.2, 0) is 19.6 Å². The second-order valence-electron chi connectivity index (χ2n) is 6.80. The molecule has 2 saturated heterocycles. The van der Waals surface area contributed by atoms with Crippen molar-refractivity contribution in [2.45, 2.75) is 31.2 Å². The van der Waals surface area contributed by atoms with E-state index in [0.29, 0.717) is 26.2 Å². The molecule has 2 fully saturated rings. The molecule has 134 valence electrons. The second-order valence-corrected chi connectivity index (χ2v) is 8.74. The van der Waals surface area contributed by atoms with Gasteiger partial charge in [0.2, 0.25) is 15.9 Å². The fourth-order valence-corrected chi connectivity index (χ4v) is 5.09. The van der Waals surface area contributed by atoms with Crippen molar-refractivity contribution in [2.24, 2.45) is 11.3 Å². The fraction of sp³-hybridized carbons (Fsp3) is 0.733. The minimum Gasteiger partial charge on any atom is -0.381 e. The quantitative estimate of drug-likeness (QED) is 0.834. The minimum absolute atomic E-state index is 0.0840. The van der Waals surface area contributed by atoms with Gasteiger partial charge < -0.3 is 10.1 Å². The van der Waals surface area contributed by atoms with Crippen molar-refractivity contribution in [3.63, 3.8) is 0 Å². The Hall–Kier alpha value is -1.45. The highest BCUT2D eigenvalue weighted by Gasteiger charge is 2.55. The Labute approximate surface area is 142 Å². The number of aromatic nitrogens is 2. The van der Waals surface area contributed by atoms with Gasteiger partial charge in [-0.1, -0.05) is 0 Å². The highest BCUT2D eigenvalue weighted by Crippen LogP contribution is 2.44. The van der Waals surface area contributed by atoms with Crippen molar-refractivity contribution in [1.29, 1.82) is 0 Å². The number of hydrogen-bond acceptors (Lipinski definition) is 5. The van der Waals surface area contributed by atoms with Gasteiger partial charge in [0, 0.05) is 44.9 Å². The number of amides is 1. The summed E-state index contributed by atoms with van der Waals surface area (Å²) >= 11 is 0. The Kier molecular flexibility index (Phi) is 4.43. The number of sulfonamides is 1. The van der Waals surface area contributed by atoms with Crippen molar-refractivity contribution in [3.05, 3.63) is 12.4 Å². The van der Waals surface area contributed by atoms with E-state index in [1.54, 1.807) is 17.9 Å². The zero-order valence-electron chi connectivity index (χ0n) is 14.2. The Morgan fingerprint density at radius 1 is 1.50 bits per heavy atom. The first-order valence-corrected chi connectivity index (χ1v) is 9.59. The maximum absolute atomic E-state index is 13.0. The van der Waals surface area contributed by atoms with Gasteiger partial charge in [0.05, 0.1) is 18.2 Å². The predicted molar refractivity (Wildman–Crippen MR) is 86.8 cm³/mol. The Morgan fingerprint density at radius 3 is 2.88 bits per heavy atom. The van der Waals surface area contributed by atoms with Crippen molar-refractivity contribution in [2.75, 3.05) is 33.4 Å². The molecule has 1 aromatic heterocycles. The summed E-state index contributed by atoms with van der Waals surface area (Å²) in [6.07, 6.45) is 3.46. The number of nitrogens with zero attached hydrogens (tertiary/aromatic N) is 3. The first kappa shape index (κ1) is 17.4. The van der Waals surface area contributed by atoms with Gasteiger partial charge in [0.1, 0.15) is 4.90 Å². The summed E-state index contributed by atoms with van der Waals surface area (Å²) in [4.78, 5) is 12.6. The minimum atomic E-state index is -3.68. The molecule has 0 aromatic carbocycles. The normalized spacial score (nSPS) is 28.1. The third-order valence-electron chi connectivity index (χ3n) is 5.10. The van der Waals surface area contributed by atoms with E-state index in [-0.39, 0.29) is 29.3 Å². The topological polar surface area (TPSA) is 93.5 Å². The molecule has 1 amide bonds. The van der Waals surface area contributed by atoms with Crippen LogP contribution in [0.1, 0.15) is 26.3 Å². The van der Waals surface area contributed by atoms with Gasteiger partial charge in [-0.3, -0.25) is 9.48 Å². The molecule has 8 nitrogen and oxygen atoms in total. The molecule has 3 rings (SSSR count). The van der Waals surface area contributed by atoms with Gasteiger partial charge in [-0.05, 0) is 20.3 Å². The van der Waals surface area contributed by atoms with Gasteiger partial charge in [-0.15, -0.1) is 0 Å². The fourth-order valence-electron chi connectivity index (χ4n) is 3.59. The van der Waals surface area contributed by atoms with Crippen LogP contribution in [0, 0.1) is 11.3 Å². The lowest BCUT2D eigenvalue weighted by atomic mass is 9.73. The van der Waals surface area contributed by atoms with Crippen LogP contribution in [0.4, 0.5) is 0 Å². The van der Waals surface area contributed by atoms with E-state index in [4.69, 9.17) is 4.74 Å². The summed E-state index contributed by atoms with van der Waals surface area (Å²) in [7, 11) is -2.08. The predicted octanol–water partition coefficient (Wildman–Crippen LogP) is 0.237. The average molecular weight is 356 g/mol. The highest BCUT2D eigenvalue weighted by molar-refractivity contribution is 7.89. The SMILES string of the molecule is CNC(=O)[C@]12CCOC[C@H]1CN(S(=O)(=O)c1cnn(C(C)C)c1)C2. The van der Waals surface area contributed by atoms with Crippen LogP contribution in [0.2, 0.25) is 0 Å². The molecule has 3 heterocycles. The lowest BCUT2D eigenvalue weighted by Crippen LogP contribution is -2.49. The zero-order valence-corrected chi connectivity index (χ0v) is 15.0. The molecule has 0 spiro atoms. The molecule has 0 radical (unpaired) electrons. The van der Waals surface area contributed by atoms with Gasteiger partial charge in [-0.2, -0.15) is 9.40 Å². The second kappa shape index (κ2) is 6.12. The van der Waals surface area contributed by atoms with Gasteiger partial charge in [0.15, 0.2) is 0 Å². The molecule has 1 aromatic rings. The first-order chi connectivity index (χ1) is 11.3. The molecule has 0 bridgehead atoms. The van der Waals surface area contributed by atoms with E-state index >= 15 is 0 Å². The van der Waals surface area contributed by atoms with E-state index in [1.807, 2.05) is 13.8 Å². The van der Waals surface area contributed by atoms with Crippen molar-refractivity contribution < 1.29 is 17.9 Å². The van der Waals surface area contributed by atoms with Crippen LogP contribution >= 0.6 is 0 Å². The smallest absolute Gasteiger partial charge is 0.246 e. The third kappa shape index (κ3) is 2.64. The molecule has 2 atom stereocenters. The zero-order chi connectivity index (χ0) is 17.5. The molecule has 24 heavy (non-hydrogen) atoms. The number of carbonyl (C=O) groups excluding carboxylic acids is 1. The van der Waals surface area contributed by atoms with Crippen LogP contribution < -0.4 is 5.32 Å². The van der Waals surface area contributed by atoms with Gasteiger partial charge in [0.25, 0.3) is 0 Å². The van der Waals surface area contributed by atoms with E-state index in [1.165, 1.54) is 10.5 Å². The number of carbonyl (C=O) groups is 1. The monoisotopic (exact) mass is 356 g/mol. The third-order valence-corrected chi connectivity index (χ3v) is 6.86. The van der Waals surface area contributed by atoms with E-state index in [2.05, 4.69) is 10.4 Å². The van der Waals surface area contributed by atoms with Crippen LogP contribution in [-0.4, -0.2) is 61.8 Å². The maximum Gasteiger partial charge on any atom is 0.246 e. The number of hydrogen-bond donors (Lipinski definition) is 1. The lowest BCUT2D eigenvalue weighted by molar-refractivity contribution is -0.138. The van der Waals surface area contributed by atoms with Crippen LogP contribution in [0.3, 0.4) is 0 Å². The van der Waals surface area contributed by atoms with E-state index < -0.39 is 15.4 Å². The number of nitrogens with one attached hydrogen (secondary N) is 1. The molecule has 0 saturated carbocycles. The molecule has 9 heteroatoms. The first-order valence-electron chi connectivity index (χ1n) is 8.15. The Morgan fingerprint density at radius 2 is 2.25 bits per heavy atom. The molecular weight excluding hydrogens is 332 g/mol. The Bertz CT molecular complexity index is 730. The summed E-state index contributed by atoms with van der Waals surface area (Å²) in [5.41, 5.74) is -0.700. The largest absolute Gasteiger partial charge is 0.381 e. The summed E-state index contributed by atoms with van der Waals surface area (Å²) in [6, 6.07) is 0.0840. The molecule has 1 N–H and O–H groups in total. The van der Waals surface area contributed by atoms with E-state index in [0.717, 1.165) is 0 Å². The van der Waals surface area contributed by atoms with Crippen LogP contribution in [0.5, 0.6) is 0 Å². The summed E-state index contributed by atoms with van der Waals surface area (Å²) in [5, 5.41) is 6.81. The van der Waals surface area contributed by atoms with Gasteiger partial charge in [-0.25, -0.2) is 8.42 Å². The summed E-state index contributed by atoms with van der Waals surface area (Å²) < 4.78 is 34.4. The number of ether oxygens (including phenoxy) is 1. The summed E-state index contributed by atoms with van der Waals surface area (Å²) in [6.45, 7) is 5.24. The van der Waals surface area contributed by atoms with Crippen LogP contribution in [0.15, 0.2) is 17.3 Å². The van der Waals surface area contributed by atoms with Crippen molar-refractivity contribution >= 4 is 15.9 Å². The Balaban J connectivity index is 1.91.